The molecule has 0 aliphatic carbocycles. The molecule has 0 aliphatic rings. The fourth-order valence-electron chi connectivity index (χ4n) is 4.48. The summed E-state index contributed by atoms with van der Waals surface area (Å²) in [5.74, 6) is -0.136. The van der Waals surface area contributed by atoms with Gasteiger partial charge in [-0.15, -0.1) is 0 Å². The van der Waals surface area contributed by atoms with Crippen molar-refractivity contribution in [1.82, 2.24) is 0 Å². The van der Waals surface area contributed by atoms with Gasteiger partial charge in [-0.25, -0.2) is 0 Å². The second kappa shape index (κ2) is 4.55. The second-order valence-corrected chi connectivity index (χ2v) is 6.90. The predicted octanol–water partition coefficient (Wildman–Crippen LogP) is 6.30. The Bertz CT molecular complexity index is 1500. The Balaban J connectivity index is 2.15. The van der Waals surface area contributed by atoms with Gasteiger partial charge in [0.15, 0.2) is 11.5 Å². The molecule has 0 amide bonds. The first-order valence-corrected chi connectivity index (χ1v) is 8.67. The minimum atomic E-state index is -0.0867. The maximum absolute atomic E-state index is 10.8. The quantitative estimate of drug-likeness (QED) is 0.194. The summed E-state index contributed by atoms with van der Waals surface area (Å²) in [5, 5.41) is 31.7. The molecule has 2 heteroatoms. The largest absolute Gasteiger partial charge is 0.504 e. The van der Waals surface area contributed by atoms with Gasteiger partial charge in [0.1, 0.15) is 0 Å². The number of phenols is 2. The number of hydrogen-bond acceptors (Lipinski definition) is 2. The highest BCUT2D eigenvalue weighted by molar-refractivity contribution is 6.39. The lowest BCUT2D eigenvalue weighted by atomic mass is 9.86. The van der Waals surface area contributed by atoms with E-state index in [1.165, 1.54) is 10.8 Å². The maximum Gasteiger partial charge on any atom is 0.166 e. The van der Waals surface area contributed by atoms with Crippen LogP contribution in [0.5, 0.6) is 11.5 Å². The van der Waals surface area contributed by atoms with Gasteiger partial charge in [-0.2, -0.15) is 0 Å². The Morgan fingerprint density at radius 2 is 1.19 bits per heavy atom. The Hall–Kier alpha value is -3.52. The molecule has 0 aliphatic heterocycles. The standard InChI is InChI=1S/C24H14O2/c25-19-11-10-18-17-7-3-5-13-8-9-15-12-14-4-1-2-6-16(14)22(21(15)20(13)17)23(18)24(19)26/h1-12,25-26H. The Morgan fingerprint density at radius 3 is 2.12 bits per heavy atom. The fourth-order valence-corrected chi connectivity index (χ4v) is 4.48. The first kappa shape index (κ1) is 13.7. The van der Waals surface area contributed by atoms with Crippen molar-refractivity contribution in [1.29, 1.82) is 0 Å². The fraction of sp³-hybridized carbons (Fsp3) is 0. The lowest BCUT2D eigenvalue weighted by molar-refractivity contribution is 0.408. The number of fused-ring (bicyclic) bond motifs is 5. The molecular formula is C24H14O2. The van der Waals surface area contributed by atoms with Crippen molar-refractivity contribution in [3.63, 3.8) is 0 Å². The molecule has 0 saturated carbocycles. The van der Waals surface area contributed by atoms with E-state index in [4.69, 9.17) is 0 Å². The molecule has 26 heavy (non-hydrogen) atoms. The SMILES string of the molecule is Oc1ccc2c3cccc4ccc5cc6ccccc6c(c2c1O)c5c43. The van der Waals surface area contributed by atoms with Gasteiger partial charge in [0.05, 0.1) is 0 Å². The molecule has 6 aromatic rings. The minimum Gasteiger partial charge on any atom is -0.504 e. The summed E-state index contributed by atoms with van der Waals surface area (Å²) in [6, 6.07) is 24.5. The normalized spacial score (nSPS) is 12.2. The summed E-state index contributed by atoms with van der Waals surface area (Å²) >= 11 is 0. The highest BCUT2D eigenvalue weighted by Crippen LogP contribution is 2.48. The predicted molar refractivity (Wildman–Crippen MR) is 108 cm³/mol. The molecular weight excluding hydrogens is 320 g/mol. The highest BCUT2D eigenvalue weighted by atomic mass is 16.3. The van der Waals surface area contributed by atoms with Crippen molar-refractivity contribution in [2.24, 2.45) is 0 Å². The third-order valence-corrected chi connectivity index (χ3v) is 5.57. The van der Waals surface area contributed by atoms with Gasteiger partial charge >= 0.3 is 0 Å². The van der Waals surface area contributed by atoms with Crippen LogP contribution >= 0.6 is 0 Å². The lowest BCUT2D eigenvalue weighted by Crippen LogP contribution is -1.89. The number of phenolic OH excluding ortho intramolecular Hbond substituents is 2. The van der Waals surface area contributed by atoms with E-state index in [1.54, 1.807) is 6.07 Å². The Labute approximate surface area is 148 Å². The van der Waals surface area contributed by atoms with E-state index < -0.39 is 0 Å². The molecule has 0 spiro atoms. The molecule has 0 aromatic heterocycles. The maximum atomic E-state index is 10.8. The smallest absolute Gasteiger partial charge is 0.166 e. The highest BCUT2D eigenvalue weighted by Gasteiger charge is 2.18. The van der Waals surface area contributed by atoms with E-state index in [9.17, 15) is 10.2 Å². The van der Waals surface area contributed by atoms with Crippen LogP contribution in [-0.2, 0) is 0 Å². The zero-order chi connectivity index (χ0) is 17.4. The van der Waals surface area contributed by atoms with E-state index in [-0.39, 0.29) is 11.5 Å². The first-order chi connectivity index (χ1) is 12.7. The summed E-state index contributed by atoms with van der Waals surface area (Å²) in [6.07, 6.45) is 0. The van der Waals surface area contributed by atoms with Gasteiger partial charge in [-0.05, 0) is 61.3 Å². The number of rotatable bonds is 0. The molecule has 0 atom stereocenters. The molecule has 2 N–H and O–H groups in total. The monoisotopic (exact) mass is 334 g/mol. The van der Waals surface area contributed by atoms with Crippen LogP contribution in [0.3, 0.4) is 0 Å². The van der Waals surface area contributed by atoms with Gasteiger partial charge in [-0.1, -0.05) is 54.6 Å². The zero-order valence-electron chi connectivity index (χ0n) is 13.8. The van der Waals surface area contributed by atoms with Crippen molar-refractivity contribution in [2.45, 2.75) is 0 Å². The van der Waals surface area contributed by atoms with Gasteiger partial charge in [-0.3, -0.25) is 0 Å². The van der Waals surface area contributed by atoms with E-state index in [1.807, 2.05) is 24.3 Å². The van der Waals surface area contributed by atoms with Crippen molar-refractivity contribution < 1.29 is 10.2 Å². The Morgan fingerprint density at radius 1 is 0.462 bits per heavy atom. The van der Waals surface area contributed by atoms with Crippen LogP contribution in [0.25, 0.3) is 53.9 Å². The topological polar surface area (TPSA) is 40.5 Å². The molecule has 0 fully saturated rings. The summed E-state index contributed by atoms with van der Waals surface area (Å²) in [5.41, 5.74) is 0. The van der Waals surface area contributed by atoms with Crippen LogP contribution in [0.4, 0.5) is 0 Å². The van der Waals surface area contributed by atoms with Crippen molar-refractivity contribution >= 4 is 53.9 Å². The van der Waals surface area contributed by atoms with Gasteiger partial charge < -0.3 is 10.2 Å². The van der Waals surface area contributed by atoms with Crippen LogP contribution in [0.15, 0.2) is 72.8 Å². The van der Waals surface area contributed by atoms with Crippen molar-refractivity contribution in [2.75, 3.05) is 0 Å². The van der Waals surface area contributed by atoms with Gasteiger partial charge in [0, 0.05) is 10.8 Å². The van der Waals surface area contributed by atoms with E-state index in [2.05, 4.69) is 42.5 Å². The third-order valence-electron chi connectivity index (χ3n) is 5.57. The second-order valence-electron chi connectivity index (χ2n) is 6.90. The van der Waals surface area contributed by atoms with E-state index >= 15 is 0 Å². The summed E-state index contributed by atoms with van der Waals surface area (Å²) < 4.78 is 0. The Kier molecular flexibility index (Phi) is 2.41. The molecule has 6 aromatic carbocycles. The summed E-state index contributed by atoms with van der Waals surface area (Å²) in [6.45, 7) is 0. The van der Waals surface area contributed by atoms with Crippen LogP contribution in [-0.4, -0.2) is 10.2 Å². The molecule has 6 rings (SSSR count). The van der Waals surface area contributed by atoms with Crippen LogP contribution < -0.4 is 0 Å². The number of aromatic hydroxyl groups is 2. The van der Waals surface area contributed by atoms with Gasteiger partial charge in [0.25, 0.3) is 0 Å². The zero-order valence-corrected chi connectivity index (χ0v) is 13.8. The summed E-state index contributed by atoms with van der Waals surface area (Å²) in [7, 11) is 0. The minimum absolute atomic E-state index is 0.0494. The van der Waals surface area contributed by atoms with Crippen LogP contribution in [0.2, 0.25) is 0 Å². The van der Waals surface area contributed by atoms with E-state index in [0.29, 0.717) is 0 Å². The average Bonchev–Trinajstić information content (AvgIpc) is 2.68. The number of benzene rings is 6. The lowest BCUT2D eigenvalue weighted by Gasteiger charge is -2.17. The number of hydrogen-bond donors (Lipinski definition) is 2. The first-order valence-electron chi connectivity index (χ1n) is 8.67. The molecule has 0 radical (unpaired) electrons. The third kappa shape index (κ3) is 1.52. The molecule has 0 bridgehead atoms. The molecule has 0 saturated heterocycles. The van der Waals surface area contributed by atoms with Crippen LogP contribution in [0.1, 0.15) is 0 Å². The molecule has 0 unspecified atom stereocenters. The van der Waals surface area contributed by atoms with Crippen LogP contribution in [0, 0.1) is 0 Å². The van der Waals surface area contributed by atoms with Crippen molar-refractivity contribution in [3.8, 4) is 11.5 Å². The van der Waals surface area contributed by atoms with Gasteiger partial charge in [0.2, 0.25) is 0 Å². The van der Waals surface area contributed by atoms with E-state index in [0.717, 1.165) is 43.1 Å². The molecule has 0 heterocycles. The molecule has 2 nitrogen and oxygen atoms in total. The molecule has 122 valence electrons. The van der Waals surface area contributed by atoms with Crippen molar-refractivity contribution in [3.05, 3.63) is 72.8 Å². The average molecular weight is 334 g/mol. The summed E-state index contributed by atoms with van der Waals surface area (Å²) in [4.78, 5) is 0.